The minimum absolute atomic E-state index is 0.0560. The average Bonchev–Trinajstić information content (AvgIpc) is 2.92. The number of sulfone groups is 1. The second-order valence-corrected chi connectivity index (χ2v) is 9.26. The van der Waals surface area contributed by atoms with Crippen molar-refractivity contribution >= 4 is 9.84 Å². The summed E-state index contributed by atoms with van der Waals surface area (Å²) >= 11 is 0. The van der Waals surface area contributed by atoms with Gasteiger partial charge in [0.05, 0.1) is 17.8 Å². The molecule has 1 heterocycles. The number of rotatable bonds is 7. The maximum atomic E-state index is 12.4. The van der Waals surface area contributed by atoms with Crippen molar-refractivity contribution in [2.24, 2.45) is 0 Å². The third kappa shape index (κ3) is 4.37. The molecule has 0 saturated heterocycles. The van der Waals surface area contributed by atoms with E-state index in [1.165, 1.54) is 5.56 Å². The van der Waals surface area contributed by atoms with E-state index in [4.69, 9.17) is 9.47 Å². The number of hydrogen-bond acceptors (Lipinski definition) is 5. The number of ether oxygens (including phenoxy) is 2. The lowest BCUT2D eigenvalue weighted by atomic mass is 10.0. The Morgan fingerprint density at radius 3 is 2.58 bits per heavy atom. The van der Waals surface area contributed by atoms with E-state index in [9.17, 15) is 8.42 Å². The molecule has 3 rings (SSSR count). The lowest BCUT2D eigenvalue weighted by molar-refractivity contribution is 0.138. The standard InChI is InChI=1S/C20H25NO4S/c1-20(2)13-16-12-15(4-9-19(16)25-20)14-21-10-11-26(22,23)18-7-5-17(24-3)6-8-18/h4-9,12,21H,10-11,13-14H2,1-3H3. The molecule has 6 heteroatoms. The molecule has 140 valence electrons. The Morgan fingerprint density at radius 2 is 1.88 bits per heavy atom. The van der Waals surface area contributed by atoms with Gasteiger partial charge in [-0.1, -0.05) is 12.1 Å². The first-order valence-corrected chi connectivity index (χ1v) is 10.3. The molecule has 0 radical (unpaired) electrons. The number of methoxy groups -OCH3 is 1. The maximum Gasteiger partial charge on any atom is 0.179 e. The Bertz CT molecular complexity index is 873. The van der Waals surface area contributed by atoms with Gasteiger partial charge in [0.2, 0.25) is 0 Å². The molecule has 5 nitrogen and oxygen atoms in total. The van der Waals surface area contributed by atoms with Gasteiger partial charge in [-0.05, 0) is 55.3 Å². The summed E-state index contributed by atoms with van der Waals surface area (Å²) in [6.45, 7) is 5.18. The van der Waals surface area contributed by atoms with Crippen molar-refractivity contribution < 1.29 is 17.9 Å². The van der Waals surface area contributed by atoms with E-state index >= 15 is 0 Å². The zero-order valence-corrected chi connectivity index (χ0v) is 16.2. The maximum absolute atomic E-state index is 12.4. The molecule has 2 aromatic carbocycles. The molecule has 0 atom stereocenters. The van der Waals surface area contributed by atoms with Crippen molar-refractivity contribution in [3.05, 3.63) is 53.6 Å². The van der Waals surface area contributed by atoms with Crippen molar-refractivity contribution in [3.63, 3.8) is 0 Å². The van der Waals surface area contributed by atoms with E-state index in [2.05, 4.69) is 25.2 Å². The van der Waals surface area contributed by atoms with Gasteiger partial charge in [-0.3, -0.25) is 0 Å². The SMILES string of the molecule is COc1ccc(S(=O)(=O)CCNCc2ccc3c(c2)CC(C)(C)O3)cc1. The van der Waals surface area contributed by atoms with Gasteiger partial charge in [0.25, 0.3) is 0 Å². The van der Waals surface area contributed by atoms with E-state index in [0.29, 0.717) is 23.7 Å². The van der Waals surface area contributed by atoms with Crippen molar-refractivity contribution in [2.45, 2.75) is 37.3 Å². The predicted molar refractivity (Wildman–Crippen MR) is 102 cm³/mol. The Labute approximate surface area is 155 Å². The Balaban J connectivity index is 1.52. The van der Waals surface area contributed by atoms with Gasteiger partial charge in [0, 0.05) is 19.5 Å². The highest BCUT2D eigenvalue weighted by Crippen LogP contribution is 2.35. The molecule has 0 bridgehead atoms. The first-order valence-electron chi connectivity index (χ1n) is 8.67. The van der Waals surface area contributed by atoms with E-state index in [0.717, 1.165) is 17.7 Å². The van der Waals surface area contributed by atoms with Crippen LogP contribution in [0.15, 0.2) is 47.4 Å². The second-order valence-electron chi connectivity index (χ2n) is 7.15. The largest absolute Gasteiger partial charge is 0.497 e. The van der Waals surface area contributed by atoms with Crippen molar-refractivity contribution in [1.82, 2.24) is 5.32 Å². The van der Waals surface area contributed by atoms with Gasteiger partial charge in [-0.25, -0.2) is 8.42 Å². The van der Waals surface area contributed by atoms with Gasteiger partial charge < -0.3 is 14.8 Å². The van der Waals surface area contributed by atoms with Gasteiger partial charge in [0.15, 0.2) is 9.84 Å². The summed E-state index contributed by atoms with van der Waals surface area (Å²) in [6.07, 6.45) is 0.891. The van der Waals surface area contributed by atoms with Crippen LogP contribution in [0.2, 0.25) is 0 Å². The molecule has 0 spiro atoms. The van der Waals surface area contributed by atoms with Crippen molar-refractivity contribution in [2.75, 3.05) is 19.4 Å². The van der Waals surface area contributed by atoms with Crippen molar-refractivity contribution in [1.29, 1.82) is 0 Å². The summed E-state index contributed by atoms with van der Waals surface area (Å²) < 4.78 is 35.7. The van der Waals surface area contributed by atoms with Crippen LogP contribution in [0.25, 0.3) is 0 Å². The van der Waals surface area contributed by atoms with E-state index in [-0.39, 0.29) is 11.4 Å². The highest BCUT2D eigenvalue weighted by atomic mass is 32.2. The molecular weight excluding hydrogens is 350 g/mol. The molecule has 1 N–H and O–H groups in total. The minimum Gasteiger partial charge on any atom is -0.497 e. The Morgan fingerprint density at radius 1 is 1.15 bits per heavy atom. The quantitative estimate of drug-likeness (QED) is 0.754. The number of benzene rings is 2. The van der Waals surface area contributed by atoms with Crippen LogP contribution in [0.4, 0.5) is 0 Å². The third-order valence-electron chi connectivity index (χ3n) is 4.42. The molecule has 0 aromatic heterocycles. The molecule has 2 aromatic rings. The zero-order valence-electron chi connectivity index (χ0n) is 15.4. The van der Waals surface area contributed by atoms with Crippen molar-refractivity contribution in [3.8, 4) is 11.5 Å². The monoisotopic (exact) mass is 375 g/mol. The summed E-state index contributed by atoms with van der Waals surface area (Å²) in [5.74, 6) is 1.65. The van der Waals surface area contributed by atoms with Crippen LogP contribution >= 0.6 is 0 Å². The highest BCUT2D eigenvalue weighted by molar-refractivity contribution is 7.91. The van der Waals surface area contributed by atoms with E-state index in [1.807, 2.05) is 12.1 Å². The smallest absolute Gasteiger partial charge is 0.179 e. The van der Waals surface area contributed by atoms with Crippen LogP contribution in [0.3, 0.4) is 0 Å². The molecule has 26 heavy (non-hydrogen) atoms. The molecule has 0 unspecified atom stereocenters. The van der Waals surface area contributed by atoms with E-state index in [1.54, 1.807) is 31.4 Å². The topological polar surface area (TPSA) is 64.6 Å². The summed E-state index contributed by atoms with van der Waals surface area (Å²) in [5.41, 5.74) is 2.19. The molecule has 1 aliphatic heterocycles. The van der Waals surface area contributed by atoms with Gasteiger partial charge >= 0.3 is 0 Å². The van der Waals surface area contributed by atoms with Crippen LogP contribution < -0.4 is 14.8 Å². The molecular formula is C20H25NO4S. The van der Waals surface area contributed by atoms with Crippen LogP contribution in [0.5, 0.6) is 11.5 Å². The lowest BCUT2D eigenvalue weighted by Crippen LogP contribution is -2.24. The Kier molecular flexibility index (Phi) is 5.25. The number of fused-ring (bicyclic) bond motifs is 1. The van der Waals surface area contributed by atoms with Crippen LogP contribution in [-0.4, -0.2) is 33.4 Å². The first kappa shape index (κ1) is 18.7. The lowest BCUT2D eigenvalue weighted by Gasteiger charge is -2.16. The van der Waals surface area contributed by atoms with Crippen LogP contribution in [-0.2, 0) is 22.8 Å². The third-order valence-corrected chi connectivity index (χ3v) is 6.15. The first-order chi connectivity index (χ1) is 12.3. The number of hydrogen-bond donors (Lipinski definition) is 1. The summed E-state index contributed by atoms with van der Waals surface area (Å²) in [5, 5.41) is 3.22. The summed E-state index contributed by atoms with van der Waals surface area (Å²) in [7, 11) is -1.75. The second kappa shape index (κ2) is 7.29. The minimum atomic E-state index is -3.30. The van der Waals surface area contributed by atoms with Gasteiger partial charge in [-0.15, -0.1) is 0 Å². The fourth-order valence-corrected chi connectivity index (χ4v) is 4.31. The highest BCUT2D eigenvalue weighted by Gasteiger charge is 2.29. The number of nitrogens with one attached hydrogen (secondary N) is 1. The fraction of sp³-hybridized carbons (Fsp3) is 0.400. The van der Waals surface area contributed by atoms with Gasteiger partial charge in [-0.2, -0.15) is 0 Å². The molecule has 0 amide bonds. The molecule has 0 saturated carbocycles. The van der Waals surface area contributed by atoms with Crippen LogP contribution in [0, 0.1) is 0 Å². The van der Waals surface area contributed by atoms with Gasteiger partial charge in [0.1, 0.15) is 17.1 Å². The summed E-state index contributed by atoms with van der Waals surface area (Å²) in [6, 6.07) is 12.6. The predicted octanol–water partition coefficient (Wildman–Crippen LogP) is 2.97. The normalized spacial score (nSPS) is 15.3. The van der Waals surface area contributed by atoms with Crippen LogP contribution in [0.1, 0.15) is 25.0 Å². The average molecular weight is 375 g/mol. The Hall–Kier alpha value is -2.05. The molecule has 0 aliphatic carbocycles. The zero-order chi connectivity index (χ0) is 18.8. The molecule has 0 fully saturated rings. The molecule has 1 aliphatic rings. The fourth-order valence-electron chi connectivity index (χ4n) is 3.11. The summed E-state index contributed by atoms with van der Waals surface area (Å²) in [4.78, 5) is 0.317. The van der Waals surface area contributed by atoms with E-state index < -0.39 is 9.84 Å².